The lowest BCUT2D eigenvalue weighted by Gasteiger charge is -2.18. The molecule has 0 atom stereocenters. The number of benzene rings is 2. The Morgan fingerprint density at radius 3 is 2.85 bits per heavy atom. The molecule has 7 heteroatoms. The van der Waals surface area contributed by atoms with E-state index < -0.39 is 0 Å². The summed E-state index contributed by atoms with van der Waals surface area (Å²) in [5.74, 6) is 1.53. The van der Waals surface area contributed by atoms with Gasteiger partial charge in [-0.05, 0) is 37.3 Å². The number of aromatic amines is 1. The molecule has 0 saturated heterocycles. The summed E-state index contributed by atoms with van der Waals surface area (Å²) in [6, 6.07) is 11.7. The van der Waals surface area contributed by atoms with Crippen LogP contribution in [0.2, 0.25) is 5.02 Å². The van der Waals surface area contributed by atoms with E-state index in [2.05, 4.69) is 22.6 Å². The van der Waals surface area contributed by atoms with Gasteiger partial charge >= 0.3 is 0 Å². The second-order valence-electron chi connectivity index (χ2n) is 6.34. The Labute approximate surface area is 164 Å². The molecule has 2 aromatic heterocycles. The molecule has 2 N–H and O–H groups in total. The van der Waals surface area contributed by atoms with Gasteiger partial charge in [0, 0.05) is 44.3 Å². The molecule has 0 fully saturated rings. The van der Waals surface area contributed by atoms with E-state index in [1.54, 1.807) is 11.3 Å². The first kappa shape index (κ1) is 16.5. The van der Waals surface area contributed by atoms with E-state index in [4.69, 9.17) is 26.1 Å². The number of rotatable bonds is 3. The molecule has 3 heterocycles. The van der Waals surface area contributed by atoms with Gasteiger partial charge in [0.2, 0.25) is 0 Å². The number of hydrogen-bond donors (Lipinski definition) is 2. The van der Waals surface area contributed by atoms with Crippen LogP contribution in [0.25, 0.3) is 22.2 Å². The van der Waals surface area contributed by atoms with Gasteiger partial charge in [0.25, 0.3) is 0 Å². The molecule has 0 unspecified atom stereocenters. The SMILES string of the molecule is Cc1[nH]c2ccc(Cl)cc2c1-c1csc(Nc2ccc3c(c2)OCCO3)n1. The second kappa shape index (κ2) is 6.48. The maximum absolute atomic E-state index is 6.19. The van der Waals surface area contributed by atoms with Crippen LogP contribution in [0.3, 0.4) is 0 Å². The number of ether oxygens (including phenoxy) is 2. The minimum atomic E-state index is 0.570. The molecule has 0 amide bonds. The highest BCUT2D eigenvalue weighted by molar-refractivity contribution is 7.14. The van der Waals surface area contributed by atoms with E-state index in [0.717, 1.165) is 50.2 Å². The summed E-state index contributed by atoms with van der Waals surface area (Å²) >= 11 is 7.75. The number of hydrogen-bond acceptors (Lipinski definition) is 5. The van der Waals surface area contributed by atoms with Gasteiger partial charge in [-0.1, -0.05) is 11.6 Å². The third-order valence-corrected chi connectivity index (χ3v) is 5.49. The van der Waals surface area contributed by atoms with E-state index in [1.165, 1.54) is 0 Å². The quantitative estimate of drug-likeness (QED) is 0.461. The van der Waals surface area contributed by atoms with Gasteiger partial charge in [-0.15, -0.1) is 11.3 Å². The minimum Gasteiger partial charge on any atom is -0.486 e. The van der Waals surface area contributed by atoms with Crippen molar-refractivity contribution in [1.29, 1.82) is 0 Å². The molecule has 2 aromatic carbocycles. The van der Waals surface area contributed by atoms with Gasteiger partial charge in [0.15, 0.2) is 16.6 Å². The maximum atomic E-state index is 6.19. The molecule has 5 rings (SSSR count). The van der Waals surface area contributed by atoms with Gasteiger partial charge in [0.05, 0.1) is 5.69 Å². The minimum absolute atomic E-state index is 0.570. The van der Waals surface area contributed by atoms with Crippen molar-refractivity contribution in [2.45, 2.75) is 6.92 Å². The highest BCUT2D eigenvalue weighted by Crippen LogP contribution is 2.37. The zero-order valence-electron chi connectivity index (χ0n) is 14.5. The molecule has 1 aliphatic rings. The molecule has 1 aliphatic heterocycles. The van der Waals surface area contributed by atoms with Crippen LogP contribution in [0.1, 0.15) is 5.69 Å². The largest absolute Gasteiger partial charge is 0.486 e. The van der Waals surface area contributed by atoms with Gasteiger partial charge in [0.1, 0.15) is 13.2 Å². The molecular weight excluding hydrogens is 382 g/mol. The number of fused-ring (bicyclic) bond motifs is 2. The first-order valence-corrected chi connectivity index (χ1v) is 9.83. The van der Waals surface area contributed by atoms with Gasteiger partial charge < -0.3 is 19.8 Å². The molecule has 0 radical (unpaired) electrons. The van der Waals surface area contributed by atoms with Crippen LogP contribution in [0, 0.1) is 6.92 Å². The Morgan fingerprint density at radius 1 is 1.11 bits per heavy atom. The van der Waals surface area contributed by atoms with Crippen LogP contribution < -0.4 is 14.8 Å². The molecule has 5 nitrogen and oxygen atoms in total. The summed E-state index contributed by atoms with van der Waals surface area (Å²) in [5.41, 5.74) is 5.05. The number of aromatic nitrogens is 2. The number of anilines is 2. The Bertz CT molecular complexity index is 1150. The Balaban J connectivity index is 1.47. The number of halogens is 1. The lowest BCUT2D eigenvalue weighted by molar-refractivity contribution is 0.171. The van der Waals surface area contributed by atoms with Crippen molar-refractivity contribution in [2.75, 3.05) is 18.5 Å². The third-order valence-electron chi connectivity index (χ3n) is 4.50. The molecular formula is C20H16ClN3O2S. The van der Waals surface area contributed by atoms with Gasteiger partial charge in [-0.25, -0.2) is 4.98 Å². The normalized spacial score (nSPS) is 13.1. The van der Waals surface area contributed by atoms with E-state index >= 15 is 0 Å². The van der Waals surface area contributed by atoms with E-state index in [9.17, 15) is 0 Å². The maximum Gasteiger partial charge on any atom is 0.187 e. The third kappa shape index (κ3) is 3.01. The smallest absolute Gasteiger partial charge is 0.187 e. The van der Waals surface area contributed by atoms with Crippen LogP contribution in [-0.2, 0) is 0 Å². The number of thiazole rings is 1. The van der Waals surface area contributed by atoms with E-state index in [-0.39, 0.29) is 0 Å². The highest BCUT2D eigenvalue weighted by atomic mass is 35.5. The lowest BCUT2D eigenvalue weighted by atomic mass is 10.1. The molecule has 136 valence electrons. The van der Waals surface area contributed by atoms with Gasteiger partial charge in [-0.3, -0.25) is 0 Å². The van der Waals surface area contributed by atoms with Crippen molar-refractivity contribution in [1.82, 2.24) is 9.97 Å². The summed E-state index contributed by atoms with van der Waals surface area (Å²) in [7, 11) is 0. The van der Waals surface area contributed by atoms with Crippen LogP contribution in [0.4, 0.5) is 10.8 Å². The van der Waals surface area contributed by atoms with Crippen LogP contribution in [-0.4, -0.2) is 23.2 Å². The Hall–Kier alpha value is -2.70. The van der Waals surface area contributed by atoms with Crippen molar-refractivity contribution in [2.24, 2.45) is 0 Å². The monoisotopic (exact) mass is 397 g/mol. The molecule has 0 spiro atoms. The topological polar surface area (TPSA) is 59.2 Å². The second-order valence-corrected chi connectivity index (χ2v) is 7.63. The zero-order valence-corrected chi connectivity index (χ0v) is 16.1. The highest BCUT2D eigenvalue weighted by Gasteiger charge is 2.15. The predicted octanol–water partition coefficient (Wildman–Crippen LogP) is 5.77. The zero-order chi connectivity index (χ0) is 18.4. The summed E-state index contributed by atoms with van der Waals surface area (Å²) < 4.78 is 11.2. The molecule has 27 heavy (non-hydrogen) atoms. The van der Waals surface area contributed by atoms with Crippen molar-refractivity contribution in [3.8, 4) is 22.8 Å². The molecule has 4 aromatic rings. The van der Waals surface area contributed by atoms with Crippen molar-refractivity contribution in [3.63, 3.8) is 0 Å². The summed E-state index contributed by atoms with van der Waals surface area (Å²) in [6.07, 6.45) is 0. The van der Waals surface area contributed by atoms with Gasteiger partial charge in [-0.2, -0.15) is 0 Å². The fourth-order valence-corrected chi connectivity index (χ4v) is 4.21. The van der Waals surface area contributed by atoms with E-state index in [0.29, 0.717) is 18.2 Å². The van der Waals surface area contributed by atoms with Crippen LogP contribution in [0.15, 0.2) is 41.8 Å². The first-order chi connectivity index (χ1) is 13.2. The standard InChI is InChI=1S/C20H16ClN3O2S/c1-11-19(14-8-12(21)2-4-15(14)22-11)16-10-27-20(24-16)23-13-3-5-17-18(9-13)26-7-6-25-17/h2-5,8-10,22H,6-7H2,1H3,(H,23,24). The fraction of sp³-hybridized carbons (Fsp3) is 0.150. The average Bonchev–Trinajstić information content (AvgIpc) is 3.24. The summed E-state index contributed by atoms with van der Waals surface area (Å²) in [6.45, 7) is 3.21. The Kier molecular flexibility index (Phi) is 3.95. The number of nitrogens with zero attached hydrogens (tertiary/aromatic N) is 1. The Morgan fingerprint density at radius 2 is 1.96 bits per heavy atom. The predicted molar refractivity (Wildman–Crippen MR) is 110 cm³/mol. The number of nitrogens with one attached hydrogen (secondary N) is 2. The first-order valence-electron chi connectivity index (χ1n) is 8.58. The van der Waals surface area contributed by atoms with Crippen molar-refractivity contribution in [3.05, 3.63) is 52.5 Å². The summed E-state index contributed by atoms with van der Waals surface area (Å²) in [5, 5.41) is 8.02. The number of H-pyrrole nitrogens is 1. The van der Waals surface area contributed by atoms with Crippen molar-refractivity contribution >= 4 is 44.7 Å². The van der Waals surface area contributed by atoms with Crippen LogP contribution >= 0.6 is 22.9 Å². The lowest BCUT2D eigenvalue weighted by Crippen LogP contribution is -2.15. The van der Waals surface area contributed by atoms with E-state index in [1.807, 2.05) is 36.4 Å². The average molecular weight is 398 g/mol. The molecule has 0 aliphatic carbocycles. The fourth-order valence-electron chi connectivity index (χ4n) is 3.32. The number of aryl methyl sites for hydroxylation is 1. The van der Waals surface area contributed by atoms with Crippen LogP contribution in [0.5, 0.6) is 11.5 Å². The van der Waals surface area contributed by atoms with Crippen molar-refractivity contribution < 1.29 is 9.47 Å². The summed E-state index contributed by atoms with van der Waals surface area (Å²) in [4.78, 5) is 8.17. The molecule has 0 saturated carbocycles. The molecule has 0 bridgehead atoms.